The molecule has 3 rings (SSSR count). The second-order valence-electron chi connectivity index (χ2n) is 6.15. The molecule has 6 nitrogen and oxygen atoms in total. The van der Waals surface area contributed by atoms with Crippen molar-refractivity contribution in [3.05, 3.63) is 40.6 Å². The van der Waals surface area contributed by atoms with Crippen LogP contribution in [-0.2, 0) is 17.8 Å². The first-order valence-corrected chi connectivity index (χ1v) is 7.97. The molecule has 2 aromatic rings. The van der Waals surface area contributed by atoms with Gasteiger partial charge in [0.25, 0.3) is 5.91 Å². The van der Waals surface area contributed by atoms with Gasteiger partial charge in [-0.3, -0.25) is 4.79 Å². The largest absolute Gasteiger partial charge is 0.480 e. The number of nitrogens with zero attached hydrogens (tertiary/aromatic N) is 3. The fourth-order valence-electron chi connectivity index (χ4n) is 2.84. The SMILES string of the molecule is Cc1cc(NC(=O)[C@H]2Cc3cc(C)c(C)cc3O2)n(CCC#N)n1. The number of benzene rings is 1. The zero-order valence-electron chi connectivity index (χ0n) is 14.1. The molecule has 0 saturated heterocycles. The second kappa shape index (κ2) is 6.36. The lowest BCUT2D eigenvalue weighted by Crippen LogP contribution is -2.32. The first-order chi connectivity index (χ1) is 11.5. The van der Waals surface area contributed by atoms with Crippen molar-refractivity contribution >= 4 is 11.7 Å². The summed E-state index contributed by atoms with van der Waals surface area (Å²) in [6, 6.07) is 7.95. The highest BCUT2D eigenvalue weighted by Crippen LogP contribution is 2.31. The Bertz CT molecular complexity index is 801. The van der Waals surface area contributed by atoms with Crippen molar-refractivity contribution in [3.8, 4) is 11.8 Å². The van der Waals surface area contributed by atoms with Crippen LogP contribution in [-0.4, -0.2) is 21.8 Å². The van der Waals surface area contributed by atoms with E-state index in [1.165, 1.54) is 5.56 Å². The minimum atomic E-state index is -0.541. The summed E-state index contributed by atoms with van der Waals surface area (Å²) in [7, 11) is 0. The number of amides is 1. The molecule has 24 heavy (non-hydrogen) atoms. The predicted octanol–water partition coefficient (Wildman–Crippen LogP) is 2.66. The number of aromatic nitrogens is 2. The van der Waals surface area contributed by atoms with Crippen molar-refractivity contribution in [1.29, 1.82) is 5.26 Å². The molecule has 1 aliphatic heterocycles. The highest BCUT2D eigenvalue weighted by atomic mass is 16.5. The van der Waals surface area contributed by atoms with E-state index in [2.05, 4.69) is 29.5 Å². The van der Waals surface area contributed by atoms with E-state index in [9.17, 15) is 4.79 Å². The molecular formula is C18H20N4O2. The number of ether oxygens (including phenoxy) is 1. The lowest BCUT2D eigenvalue weighted by molar-refractivity contribution is -0.122. The molecule has 2 heterocycles. The number of rotatable bonds is 4. The van der Waals surface area contributed by atoms with Gasteiger partial charge in [0, 0.05) is 12.5 Å². The van der Waals surface area contributed by atoms with Crippen LogP contribution in [0.4, 0.5) is 5.82 Å². The smallest absolute Gasteiger partial charge is 0.266 e. The summed E-state index contributed by atoms with van der Waals surface area (Å²) in [5, 5.41) is 15.9. The first-order valence-electron chi connectivity index (χ1n) is 7.97. The summed E-state index contributed by atoms with van der Waals surface area (Å²) in [5.41, 5.74) is 4.21. The number of carbonyl (C=O) groups is 1. The Morgan fingerprint density at radius 2 is 2.12 bits per heavy atom. The summed E-state index contributed by atoms with van der Waals surface area (Å²) in [6.07, 6.45) is 0.363. The average molecular weight is 324 g/mol. The van der Waals surface area contributed by atoms with E-state index >= 15 is 0 Å². The Morgan fingerprint density at radius 3 is 2.88 bits per heavy atom. The van der Waals surface area contributed by atoms with Crippen LogP contribution in [0.15, 0.2) is 18.2 Å². The quantitative estimate of drug-likeness (QED) is 0.937. The summed E-state index contributed by atoms with van der Waals surface area (Å²) >= 11 is 0. The Morgan fingerprint density at radius 1 is 1.38 bits per heavy atom. The Hall–Kier alpha value is -2.81. The van der Waals surface area contributed by atoms with E-state index < -0.39 is 6.10 Å². The standard InChI is InChI=1S/C18H20N4O2/c1-11-7-14-10-16(24-15(14)8-12(11)2)18(23)20-17-9-13(3)21-22(17)6-4-5-19/h7-9,16H,4,6,10H2,1-3H3,(H,20,23)/t16-/m1/s1. The third-order valence-corrected chi connectivity index (χ3v) is 4.23. The summed E-state index contributed by atoms with van der Waals surface area (Å²) in [4.78, 5) is 12.5. The van der Waals surface area contributed by atoms with Gasteiger partial charge in [-0.2, -0.15) is 10.4 Å². The molecule has 0 fully saturated rings. The Labute approximate surface area is 141 Å². The topological polar surface area (TPSA) is 79.9 Å². The zero-order chi connectivity index (χ0) is 17.3. The van der Waals surface area contributed by atoms with Crippen LogP contribution in [0, 0.1) is 32.1 Å². The molecule has 6 heteroatoms. The van der Waals surface area contributed by atoms with Crippen LogP contribution in [0.1, 0.15) is 28.8 Å². The van der Waals surface area contributed by atoms with Gasteiger partial charge in [0.05, 0.1) is 24.7 Å². The molecule has 1 amide bonds. The first kappa shape index (κ1) is 16.1. The van der Waals surface area contributed by atoms with Gasteiger partial charge < -0.3 is 10.1 Å². The Kier molecular flexibility index (Phi) is 4.26. The lowest BCUT2D eigenvalue weighted by Gasteiger charge is -2.12. The van der Waals surface area contributed by atoms with Gasteiger partial charge >= 0.3 is 0 Å². The van der Waals surface area contributed by atoms with Gasteiger partial charge in [-0.15, -0.1) is 0 Å². The summed E-state index contributed by atoms with van der Waals surface area (Å²) < 4.78 is 7.46. The number of aryl methyl sites for hydroxylation is 4. The predicted molar refractivity (Wildman–Crippen MR) is 89.9 cm³/mol. The van der Waals surface area contributed by atoms with Gasteiger partial charge in [-0.25, -0.2) is 4.68 Å². The van der Waals surface area contributed by atoms with Crippen LogP contribution in [0.3, 0.4) is 0 Å². The maximum Gasteiger partial charge on any atom is 0.266 e. The number of hydrogen-bond donors (Lipinski definition) is 1. The van der Waals surface area contributed by atoms with Gasteiger partial charge in [-0.1, -0.05) is 6.07 Å². The summed E-state index contributed by atoms with van der Waals surface area (Å²) in [6.45, 7) is 6.39. The van der Waals surface area contributed by atoms with Crippen molar-refractivity contribution in [2.75, 3.05) is 5.32 Å². The minimum Gasteiger partial charge on any atom is -0.480 e. The van der Waals surface area contributed by atoms with Crippen LogP contribution < -0.4 is 10.1 Å². The number of fused-ring (bicyclic) bond motifs is 1. The van der Waals surface area contributed by atoms with Crippen molar-refractivity contribution in [3.63, 3.8) is 0 Å². The number of anilines is 1. The van der Waals surface area contributed by atoms with E-state index in [-0.39, 0.29) is 5.91 Å². The monoisotopic (exact) mass is 324 g/mol. The minimum absolute atomic E-state index is 0.195. The van der Waals surface area contributed by atoms with Gasteiger partial charge in [0.1, 0.15) is 11.6 Å². The fraction of sp³-hybridized carbons (Fsp3) is 0.389. The molecule has 1 N–H and O–H groups in total. The van der Waals surface area contributed by atoms with Crippen LogP contribution >= 0.6 is 0 Å². The second-order valence-corrected chi connectivity index (χ2v) is 6.15. The van der Waals surface area contributed by atoms with E-state index in [1.807, 2.05) is 19.9 Å². The number of hydrogen-bond acceptors (Lipinski definition) is 4. The molecular weight excluding hydrogens is 304 g/mol. The molecule has 0 radical (unpaired) electrons. The molecule has 1 aliphatic rings. The van der Waals surface area contributed by atoms with Crippen molar-refractivity contribution < 1.29 is 9.53 Å². The normalized spacial score (nSPS) is 15.5. The zero-order valence-corrected chi connectivity index (χ0v) is 14.1. The van der Waals surface area contributed by atoms with Crippen LogP contribution in [0.2, 0.25) is 0 Å². The highest BCUT2D eigenvalue weighted by molar-refractivity contribution is 5.94. The fourth-order valence-corrected chi connectivity index (χ4v) is 2.84. The third-order valence-electron chi connectivity index (χ3n) is 4.23. The molecule has 124 valence electrons. The van der Waals surface area contributed by atoms with E-state index in [0.717, 1.165) is 22.6 Å². The van der Waals surface area contributed by atoms with Gasteiger partial charge in [0.15, 0.2) is 6.10 Å². The molecule has 0 aliphatic carbocycles. The molecule has 0 bridgehead atoms. The summed E-state index contributed by atoms with van der Waals surface area (Å²) in [5.74, 6) is 1.19. The maximum atomic E-state index is 12.5. The van der Waals surface area contributed by atoms with Gasteiger partial charge in [-0.05, 0) is 43.5 Å². The highest BCUT2D eigenvalue weighted by Gasteiger charge is 2.30. The number of nitriles is 1. The molecule has 1 atom stereocenters. The molecule has 0 saturated carbocycles. The van der Waals surface area contributed by atoms with E-state index in [0.29, 0.717) is 25.2 Å². The molecule has 1 aromatic heterocycles. The van der Waals surface area contributed by atoms with Crippen molar-refractivity contribution in [1.82, 2.24) is 9.78 Å². The molecule has 0 spiro atoms. The van der Waals surface area contributed by atoms with E-state index in [1.54, 1.807) is 10.7 Å². The molecule has 0 unspecified atom stereocenters. The third kappa shape index (κ3) is 3.11. The van der Waals surface area contributed by atoms with Gasteiger partial charge in [0.2, 0.25) is 0 Å². The Balaban J connectivity index is 1.72. The lowest BCUT2D eigenvalue weighted by atomic mass is 10.0. The molecule has 1 aromatic carbocycles. The van der Waals surface area contributed by atoms with Crippen LogP contribution in [0.25, 0.3) is 0 Å². The number of carbonyl (C=O) groups excluding carboxylic acids is 1. The number of nitrogens with one attached hydrogen (secondary N) is 1. The van der Waals surface area contributed by atoms with Crippen molar-refractivity contribution in [2.24, 2.45) is 0 Å². The van der Waals surface area contributed by atoms with Crippen molar-refractivity contribution in [2.45, 2.75) is 46.3 Å². The average Bonchev–Trinajstić information content (AvgIpc) is 3.09. The van der Waals surface area contributed by atoms with E-state index in [4.69, 9.17) is 10.00 Å². The maximum absolute atomic E-state index is 12.5. The van der Waals surface area contributed by atoms with Crippen LogP contribution in [0.5, 0.6) is 5.75 Å².